The van der Waals surface area contributed by atoms with Crippen LogP contribution in [0.5, 0.6) is 0 Å². The summed E-state index contributed by atoms with van der Waals surface area (Å²) in [4.78, 5) is 0. The number of rotatable bonds is 5. The number of nitrogens with one attached hydrogen (secondary N) is 1. The van der Waals surface area contributed by atoms with Gasteiger partial charge in [-0.25, -0.2) is 0 Å². The summed E-state index contributed by atoms with van der Waals surface area (Å²) in [6.07, 6.45) is 5.48. The maximum absolute atomic E-state index is 3.53. The molecule has 0 aromatic carbocycles. The zero-order valence-electron chi connectivity index (χ0n) is 9.18. The summed E-state index contributed by atoms with van der Waals surface area (Å²) in [5.41, 5.74) is 0. The van der Waals surface area contributed by atoms with Gasteiger partial charge in [0.05, 0.1) is 0 Å². The van der Waals surface area contributed by atoms with Crippen molar-refractivity contribution in [3.63, 3.8) is 0 Å². The van der Waals surface area contributed by atoms with Crippen LogP contribution in [0.4, 0.5) is 0 Å². The van der Waals surface area contributed by atoms with Crippen LogP contribution in [0.2, 0.25) is 0 Å². The average molecular weight is 201 g/mol. The molecule has 1 rings (SSSR count). The van der Waals surface area contributed by atoms with Crippen molar-refractivity contribution in [2.24, 2.45) is 5.92 Å². The smallest absolute Gasteiger partial charge is 0.0211 e. The molecule has 1 aliphatic rings. The summed E-state index contributed by atoms with van der Waals surface area (Å²) in [6.45, 7) is 4.64. The van der Waals surface area contributed by atoms with Gasteiger partial charge >= 0.3 is 0 Å². The molecule has 1 fully saturated rings. The minimum atomic E-state index is 0.752. The Bertz CT molecular complexity index is 126. The Morgan fingerprint density at radius 3 is 2.46 bits per heavy atom. The first-order valence-corrected chi connectivity index (χ1v) is 6.67. The van der Waals surface area contributed by atoms with Crippen LogP contribution < -0.4 is 5.32 Å². The van der Waals surface area contributed by atoms with Crippen LogP contribution in [0.15, 0.2) is 0 Å². The Hall–Kier alpha value is 0.310. The van der Waals surface area contributed by atoms with Gasteiger partial charge in [0.25, 0.3) is 0 Å². The van der Waals surface area contributed by atoms with Gasteiger partial charge in [-0.3, -0.25) is 0 Å². The fourth-order valence-corrected chi connectivity index (χ4v) is 3.94. The van der Waals surface area contributed by atoms with E-state index < -0.39 is 0 Å². The summed E-state index contributed by atoms with van der Waals surface area (Å²) in [6, 6.07) is 0.752. The molecule has 0 bridgehead atoms. The van der Waals surface area contributed by atoms with Crippen LogP contribution >= 0.6 is 11.8 Å². The first kappa shape index (κ1) is 11.4. The molecule has 0 spiro atoms. The van der Waals surface area contributed by atoms with Gasteiger partial charge in [-0.05, 0) is 31.6 Å². The first-order valence-electron chi connectivity index (χ1n) is 5.62. The van der Waals surface area contributed by atoms with E-state index in [1.165, 1.54) is 31.4 Å². The molecule has 78 valence electrons. The van der Waals surface area contributed by atoms with E-state index >= 15 is 0 Å². The van der Waals surface area contributed by atoms with Crippen molar-refractivity contribution in [3.05, 3.63) is 0 Å². The summed E-state index contributed by atoms with van der Waals surface area (Å²) < 4.78 is 0. The SMILES string of the molecule is CCC(CC)C(NC)C1CCCS1. The van der Waals surface area contributed by atoms with Crippen molar-refractivity contribution in [1.29, 1.82) is 0 Å². The molecule has 2 heteroatoms. The molecule has 2 unspecified atom stereocenters. The van der Waals surface area contributed by atoms with Crippen LogP contribution in [0, 0.1) is 5.92 Å². The lowest BCUT2D eigenvalue weighted by Gasteiger charge is -2.29. The maximum atomic E-state index is 3.53. The minimum Gasteiger partial charge on any atom is -0.316 e. The van der Waals surface area contributed by atoms with Gasteiger partial charge in [-0.15, -0.1) is 0 Å². The van der Waals surface area contributed by atoms with Crippen LogP contribution in [0.25, 0.3) is 0 Å². The van der Waals surface area contributed by atoms with Gasteiger partial charge in [0.1, 0.15) is 0 Å². The standard InChI is InChI=1S/C11H23NS/c1-4-9(5-2)11(12-3)10-7-6-8-13-10/h9-12H,4-8H2,1-3H3. The molecule has 0 aromatic heterocycles. The summed E-state index contributed by atoms with van der Waals surface area (Å²) in [5, 5.41) is 4.41. The van der Waals surface area contributed by atoms with Gasteiger partial charge in [0.15, 0.2) is 0 Å². The summed E-state index contributed by atoms with van der Waals surface area (Å²) in [7, 11) is 2.13. The molecule has 13 heavy (non-hydrogen) atoms. The molecule has 0 saturated carbocycles. The first-order chi connectivity index (χ1) is 6.33. The van der Waals surface area contributed by atoms with E-state index in [0.717, 1.165) is 17.2 Å². The molecule has 1 heterocycles. The summed E-state index contributed by atoms with van der Waals surface area (Å²) >= 11 is 2.17. The van der Waals surface area contributed by atoms with Gasteiger partial charge in [0.2, 0.25) is 0 Å². The van der Waals surface area contributed by atoms with Crippen LogP contribution in [0.3, 0.4) is 0 Å². The maximum Gasteiger partial charge on any atom is 0.0211 e. The van der Waals surface area contributed by atoms with E-state index in [9.17, 15) is 0 Å². The lowest BCUT2D eigenvalue weighted by molar-refractivity contribution is 0.339. The quantitative estimate of drug-likeness (QED) is 0.734. The third-order valence-electron chi connectivity index (χ3n) is 3.26. The Morgan fingerprint density at radius 1 is 1.38 bits per heavy atom. The lowest BCUT2D eigenvalue weighted by Crippen LogP contribution is -2.40. The van der Waals surface area contributed by atoms with E-state index in [0.29, 0.717) is 0 Å². The second-order valence-electron chi connectivity index (χ2n) is 3.94. The Morgan fingerprint density at radius 2 is 2.08 bits per heavy atom. The van der Waals surface area contributed by atoms with E-state index in [1.807, 2.05) is 0 Å². The highest BCUT2D eigenvalue weighted by Gasteiger charge is 2.28. The lowest BCUT2D eigenvalue weighted by atomic mass is 9.90. The fourth-order valence-electron chi connectivity index (χ4n) is 2.41. The van der Waals surface area contributed by atoms with Gasteiger partial charge in [-0.2, -0.15) is 11.8 Å². The largest absolute Gasteiger partial charge is 0.316 e. The fraction of sp³-hybridized carbons (Fsp3) is 1.00. The van der Waals surface area contributed by atoms with Gasteiger partial charge < -0.3 is 5.32 Å². The van der Waals surface area contributed by atoms with Crippen molar-refractivity contribution in [3.8, 4) is 0 Å². The van der Waals surface area contributed by atoms with Crippen molar-refractivity contribution >= 4 is 11.8 Å². The molecular weight excluding hydrogens is 178 g/mol. The molecule has 1 saturated heterocycles. The van der Waals surface area contributed by atoms with Crippen LogP contribution in [0.1, 0.15) is 39.5 Å². The third-order valence-corrected chi connectivity index (χ3v) is 4.74. The van der Waals surface area contributed by atoms with Crippen LogP contribution in [-0.4, -0.2) is 24.1 Å². The van der Waals surface area contributed by atoms with Crippen molar-refractivity contribution in [2.75, 3.05) is 12.8 Å². The van der Waals surface area contributed by atoms with E-state index in [-0.39, 0.29) is 0 Å². The van der Waals surface area contributed by atoms with E-state index in [4.69, 9.17) is 0 Å². The zero-order valence-corrected chi connectivity index (χ0v) is 9.99. The molecule has 0 amide bonds. The normalized spacial score (nSPS) is 25.4. The third kappa shape index (κ3) is 2.88. The van der Waals surface area contributed by atoms with Gasteiger partial charge in [-0.1, -0.05) is 26.7 Å². The molecule has 1 nitrogen and oxygen atoms in total. The van der Waals surface area contributed by atoms with Crippen molar-refractivity contribution in [1.82, 2.24) is 5.32 Å². The monoisotopic (exact) mass is 201 g/mol. The molecule has 0 aromatic rings. The van der Waals surface area contributed by atoms with E-state index in [1.54, 1.807) is 0 Å². The molecule has 0 aliphatic carbocycles. The Labute approximate surface area is 87.1 Å². The highest BCUT2D eigenvalue weighted by Crippen LogP contribution is 2.33. The average Bonchev–Trinajstić information content (AvgIpc) is 2.66. The van der Waals surface area contributed by atoms with E-state index in [2.05, 4.69) is 38.0 Å². The minimum absolute atomic E-state index is 0.752. The summed E-state index contributed by atoms with van der Waals surface area (Å²) in [5.74, 6) is 2.25. The molecule has 2 atom stereocenters. The van der Waals surface area contributed by atoms with Gasteiger partial charge in [0, 0.05) is 11.3 Å². The van der Waals surface area contributed by atoms with Crippen molar-refractivity contribution in [2.45, 2.75) is 50.8 Å². The Balaban J connectivity index is 2.48. The number of thioether (sulfide) groups is 1. The molecule has 0 radical (unpaired) electrons. The predicted molar refractivity (Wildman–Crippen MR) is 62.4 cm³/mol. The highest BCUT2D eigenvalue weighted by atomic mass is 32.2. The topological polar surface area (TPSA) is 12.0 Å². The number of hydrogen-bond donors (Lipinski definition) is 1. The second-order valence-corrected chi connectivity index (χ2v) is 5.29. The second kappa shape index (κ2) is 5.92. The zero-order chi connectivity index (χ0) is 9.68. The van der Waals surface area contributed by atoms with Crippen molar-refractivity contribution < 1.29 is 0 Å². The molecular formula is C11H23NS. The number of hydrogen-bond acceptors (Lipinski definition) is 2. The Kier molecular flexibility index (Phi) is 5.18. The highest BCUT2D eigenvalue weighted by molar-refractivity contribution is 8.00. The molecule has 1 aliphatic heterocycles. The molecule has 1 N–H and O–H groups in total. The van der Waals surface area contributed by atoms with Crippen LogP contribution in [-0.2, 0) is 0 Å². The predicted octanol–water partition coefficient (Wildman–Crippen LogP) is 2.91.